The summed E-state index contributed by atoms with van der Waals surface area (Å²) in [4.78, 5) is 8.71. The van der Waals surface area contributed by atoms with E-state index in [2.05, 4.69) is 45.9 Å². The Morgan fingerprint density at radius 1 is 1.43 bits per heavy atom. The van der Waals surface area contributed by atoms with Gasteiger partial charge in [0.05, 0.1) is 24.8 Å². The van der Waals surface area contributed by atoms with E-state index >= 15 is 0 Å². The lowest BCUT2D eigenvalue weighted by molar-refractivity contribution is 0.233. The lowest BCUT2D eigenvalue weighted by atomic mass is 10.2. The second kappa shape index (κ2) is 8.14. The van der Waals surface area contributed by atoms with Gasteiger partial charge in [0.15, 0.2) is 0 Å². The van der Waals surface area contributed by atoms with Gasteiger partial charge < -0.3 is 15.0 Å². The molecule has 1 rings (SSSR count). The van der Waals surface area contributed by atoms with Crippen molar-refractivity contribution in [1.29, 1.82) is 0 Å². The van der Waals surface area contributed by atoms with Crippen molar-refractivity contribution in [2.24, 2.45) is 4.99 Å². The van der Waals surface area contributed by atoms with Crippen molar-refractivity contribution >= 4 is 11.5 Å². The van der Waals surface area contributed by atoms with Gasteiger partial charge in [-0.05, 0) is 34.1 Å². The molecule has 6 heteroatoms. The summed E-state index contributed by atoms with van der Waals surface area (Å²) >= 11 is 0. The average Bonchev–Trinajstić information content (AvgIpc) is 2.87. The number of hydrogen-bond donors (Lipinski definition) is 3. The van der Waals surface area contributed by atoms with E-state index in [9.17, 15) is 5.11 Å². The minimum atomic E-state index is 0.0275. The van der Waals surface area contributed by atoms with Gasteiger partial charge in [0.25, 0.3) is 0 Å². The summed E-state index contributed by atoms with van der Waals surface area (Å²) < 4.78 is 2.10. The fourth-order valence-corrected chi connectivity index (χ4v) is 2.17. The van der Waals surface area contributed by atoms with Crippen LogP contribution in [0.5, 0.6) is 0 Å². The molecule has 0 aliphatic carbocycles. The van der Waals surface area contributed by atoms with Crippen LogP contribution >= 0.6 is 0 Å². The summed E-state index contributed by atoms with van der Waals surface area (Å²) in [5.74, 6) is 0.959. The third kappa shape index (κ3) is 4.54. The van der Waals surface area contributed by atoms with Crippen molar-refractivity contribution < 1.29 is 5.11 Å². The SMILES string of the molecule is CC[C@H](CO)NC(C)Nc1c(C(C)=NC)ncn1C(C)C. The molecule has 0 saturated heterocycles. The van der Waals surface area contributed by atoms with E-state index < -0.39 is 0 Å². The Bertz CT molecular complexity index is 463. The first kappa shape index (κ1) is 17.7. The number of aliphatic hydroxyl groups excluding tert-OH is 1. The molecule has 0 aliphatic rings. The summed E-state index contributed by atoms with van der Waals surface area (Å²) in [7, 11) is 1.77. The molecule has 120 valence electrons. The van der Waals surface area contributed by atoms with E-state index in [1.807, 2.05) is 20.2 Å². The van der Waals surface area contributed by atoms with Gasteiger partial charge in [-0.25, -0.2) is 4.98 Å². The molecule has 1 aromatic heterocycles. The monoisotopic (exact) mass is 295 g/mol. The lowest BCUT2D eigenvalue weighted by Gasteiger charge is -2.24. The highest BCUT2D eigenvalue weighted by molar-refractivity contribution is 6.01. The van der Waals surface area contributed by atoms with Crippen LogP contribution in [0, 0.1) is 0 Å². The van der Waals surface area contributed by atoms with Crippen molar-refractivity contribution in [3.63, 3.8) is 0 Å². The maximum Gasteiger partial charge on any atom is 0.136 e. The van der Waals surface area contributed by atoms with Crippen molar-refractivity contribution in [1.82, 2.24) is 14.9 Å². The van der Waals surface area contributed by atoms with Crippen LogP contribution < -0.4 is 10.6 Å². The largest absolute Gasteiger partial charge is 0.395 e. The second-order valence-corrected chi connectivity index (χ2v) is 5.57. The topological polar surface area (TPSA) is 74.5 Å². The van der Waals surface area contributed by atoms with Gasteiger partial charge in [-0.2, -0.15) is 0 Å². The fraction of sp³-hybridized carbons (Fsp3) is 0.733. The Morgan fingerprint density at radius 2 is 2.10 bits per heavy atom. The number of nitrogens with zero attached hydrogens (tertiary/aromatic N) is 3. The second-order valence-electron chi connectivity index (χ2n) is 5.57. The molecule has 0 radical (unpaired) electrons. The van der Waals surface area contributed by atoms with Crippen LogP contribution in [0.2, 0.25) is 0 Å². The van der Waals surface area contributed by atoms with Crippen LogP contribution in [0.3, 0.4) is 0 Å². The summed E-state index contributed by atoms with van der Waals surface area (Å²) in [5.41, 5.74) is 1.77. The van der Waals surface area contributed by atoms with Crippen LogP contribution in [-0.2, 0) is 0 Å². The molecule has 0 amide bonds. The summed E-state index contributed by atoms with van der Waals surface area (Å²) in [6.07, 6.45) is 2.75. The van der Waals surface area contributed by atoms with Gasteiger partial charge in [-0.15, -0.1) is 0 Å². The van der Waals surface area contributed by atoms with E-state index in [1.165, 1.54) is 0 Å². The molecule has 0 aliphatic heterocycles. The number of aliphatic hydroxyl groups is 1. The number of rotatable bonds is 8. The minimum absolute atomic E-state index is 0.0275. The molecule has 1 heterocycles. The Morgan fingerprint density at radius 3 is 2.57 bits per heavy atom. The van der Waals surface area contributed by atoms with Gasteiger partial charge in [-0.3, -0.25) is 10.3 Å². The highest BCUT2D eigenvalue weighted by Gasteiger charge is 2.18. The fourth-order valence-electron chi connectivity index (χ4n) is 2.17. The predicted molar refractivity (Wildman–Crippen MR) is 88.1 cm³/mol. The van der Waals surface area contributed by atoms with Crippen molar-refractivity contribution in [2.45, 2.75) is 59.3 Å². The zero-order valence-electron chi connectivity index (χ0n) is 14.0. The molecular weight excluding hydrogens is 266 g/mol. The van der Waals surface area contributed by atoms with Gasteiger partial charge in [0, 0.05) is 19.1 Å². The standard InChI is InChI=1S/C15H29N5O/c1-7-13(8-21)18-12(5)19-15-14(11(4)16-6)17-9-20(15)10(2)3/h9-10,12-13,18-19,21H,7-8H2,1-6H3/t12?,13-/m1/s1. The summed E-state index contributed by atoms with van der Waals surface area (Å²) in [6, 6.07) is 0.401. The molecule has 3 N–H and O–H groups in total. The quantitative estimate of drug-likeness (QED) is 0.507. The van der Waals surface area contributed by atoms with Crippen LogP contribution in [-0.4, -0.2) is 46.2 Å². The van der Waals surface area contributed by atoms with Crippen LogP contribution in [0.1, 0.15) is 52.8 Å². The molecule has 0 aromatic carbocycles. The van der Waals surface area contributed by atoms with E-state index in [-0.39, 0.29) is 18.8 Å². The van der Waals surface area contributed by atoms with Gasteiger partial charge >= 0.3 is 0 Å². The number of anilines is 1. The molecule has 21 heavy (non-hydrogen) atoms. The first-order chi connectivity index (χ1) is 9.94. The third-order valence-corrected chi connectivity index (χ3v) is 3.58. The Kier molecular flexibility index (Phi) is 6.84. The van der Waals surface area contributed by atoms with Crippen molar-refractivity contribution in [2.75, 3.05) is 19.0 Å². The predicted octanol–water partition coefficient (Wildman–Crippen LogP) is 2.02. The normalized spacial score (nSPS) is 15.3. The maximum atomic E-state index is 9.30. The zero-order chi connectivity index (χ0) is 16.0. The Hall–Kier alpha value is -1.40. The maximum absolute atomic E-state index is 9.30. The Labute approximate surface area is 127 Å². The third-order valence-electron chi connectivity index (χ3n) is 3.58. The van der Waals surface area contributed by atoms with E-state index in [1.54, 1.807) is 7.05 Å². The molecule has 0 saturated carbocycles. The molecule has 0 bridgehead atoms. The van der Waals surface area contributed by atoms with Crippen LogP contribution in [0.15, 0.2) is 11.3 Å². The van der Waals surface area contributed by atoms with Gasteiger partial charge in [0.2, 0.25) is 0 Å². The number of hydrogen-bond acceptors (Lipinski definition) is 5. The van der Waals surface area contributed by atoms with Crippen molar-refractivity contribution in [3.8, 4) is 0 Å². The first-order valence-electron chi connectivity index (χ1n) is 7.58. The molecule has 2 atom stereocenters. The molecule has 0 fully saturated rings. The highest BCUT2D eigenvalue weighted by Crippen LogP contribution is 2.21. The highest BCUT2D eigenvalue weighted by atomic mass is 16.3. The number of nitrogens with one attached hydrogen (secondary N) is 2. The summed E-state index contributed by atoms with van der Waals surface area (Å²) in [6.45, 7) is 10.4. The molecule has 1 unspecified atom stereocenters. The first-order valence-corrected chi connectivity index (χ1v) is 7.58. The molecule has 1 aromatic rings. The lowest BCUT2D eigenvalue weighted by Crippen LogP contribution is -2.43. The molecule has 6 nitrogen and oxygen atoms in total. The number of imidazole rings is 1. The van der Waals surface area contributed by atoms with E-state index in [0.29, 0.717) is 6.04 Å². The summed E-state index contributed by atoms with van der Waals surface area (Å²) in [5, 5.41) is 16.1. The van der Waals surface area contributed by atoms with Crippen molar-refractivity contribution in [3.05, 3.63) is 12.0 Å². The number of aromatic nitrogens is 2. The van der Waals surface area contributed by atoms with Crippen LogP contribution in [0.25, 0.3) is 0 Å². The van der Waals surface area contributed by atoms with E-state index in [0.717, 1.165) is 23.6 Å². The van der Waals surface area contributed by atoms with Gasteiger partial charge in [-0.1, -0.05) is 6.92 Å². The Balaban J connectivity index is 2.96. The van der Waals surface area contributed by atoms with Gasteiger partial charge in [0.1, 0.15) is 11.5 Å². The minimum Gasteiger partial charge on any atom is -0.395 e. The zero-order valence-corrected chi connectivity index (χ0v) is 14.0. The average molecular weight is 295 g/mol. The molecule has 0 spiro atoms. The van der Waals surface area contributed by atoms with Crippen LogP contribution in [0.4, 0.5) is 5.82 Å². The smallest absolute Gasteiger partial charge is 0.136 e. The molecular formula is C15H29N5O. The number of aliphatic imine (C=N–C) groups is 1. The van der Waals surface area contributed by atoms with E-state index in [4.69, 9.17) is 0 Å².